The molecule has 1 aromatic rings. The predicted octanol–water partition coefficient (Wildman–Crippen LogP) is 2.65. The van der Waals surface area contributed by atoms with Crippen LogP contribution >= 0.6 is 0 Å². The van der Waals surface area contributed by atoms with Crippen LogP contribution in [-0.2, 0) is 6.42 Å². The Morgan fingerprint density at radius 2 is 1.85 bits per heavy atom. The largest absolute Gasteiger partial charge is 0.136 e. The van der Waals surface area contributed by atoms with Crippen LogP contribution in [0.15, 0.2) is 30.3 Å². The molecule has 0 N–H and O–H groups in total. The van der Waals surface area contributed by atoms with Crippen LogP contribution in [0.1, 0.15) is 12.0 Å². The van der Waals surface area contributed by atoms with Gasteiger partial charge in [-0.1, -0.05) is 43.4 Å². The lowest BCUT2D eigenvalue weighted by Gasteiger charge is -1.94. The lowest BCUT2D eigenvalue weighted by molar-refractivity contribution is 1.03. The summed E-state index contributed by atoms with van der Waals surface area (Å²) in [6, 6.07) is 10.5. The fourth-order valence-corrected chi connectivity index (χ4v) is 1.68. The highest BCUT2D eigenvalue weighted by atomic mass is 28.3. The summed E-state index contributed by atoms with van der Waals surface area (Å²) in [5.74, 6) is 3.25. The van der Waals surface area contributed by atoms with E-state index in [1.165, 1.54) is 5.56 Å². The molecule has 0 radical (unpaired) electrons. The number of hydrogen-bond acceptors (Lipinski definition) is 0. The molecule has 0 aliphatic rings. The van der Waals surface area contributed by atoms with Gasteiger partial charge in [0.1, 0.15) is 8.80 Å². The van der Waals surface area contributed by atoms with Crippen molar-refractivity contribution in [2.24, 2.45) is 0 Å². The van der Waals surface area contributed by atoms with Gasteiger partial charge >= 0.3 is 0 Å². The minimum Gasteiger partial charge on any atom is -0.136 e. The average Bonchev–Trinajstić information content (AvgIpc) is 2.14. The fraction of sp³-hybridized carbons (Fsp3) is 0.333. The summed E-state index contributed by atoms with van der Waals surface area (Å²) >= 11 is 0. The summed E-state index contributed by atoms with van der Waals surface area (Å²) in [7, 11) is -0.657. The van der Waals surface area contributed by atoms with Crippen LogP contribution in [0.2, 0.25) is 13.1 Å². The van der Waals surface area contributed by atoms with E-state index in [9.17, 15) is 0 Å². The summed E-state index contributed by atoms with van der Waals surface area (Å²) < 4.78 is 0. The zero-order chi connectivity index (χ0) is 9.52. The second-order valence-corrected chi connectivity index (χ2v) is 6.06. The van der Waals surface area contributed by atoms with Crippen molar-refractivity contribution in [3.05, 3.63) is 35.9 Å². The van der Waals surface area contributed by atoms with Gasteiger partial charge in [-0.25, -0.2) is 0 Å². The molecule has 0 fully saturated rings. The molecular formula is C12H16Si. The first-order valence-corrected chi connectivity index (χ1v) is 7.70. The van der Waals surface area contributed by atoms with Crippen molar-refractivity contribution < 1.29 is 0 Å². The Hall–Kier alpha value is -1.00. The van der Waals surface area contributed by atoms with Crippen LogP contribution in [0.3, 0.4) is 0 Å². The molecule has 0 bridgehead atoms. The summed E-state index contributed by atoms with van der Waals surface area (Å²) in [4.78, 5) is 0. The van der Waals surface area contributed by atoms with Crippen molar-refractivity contribution >= 4 is 8.80 Å². The van der Waals surface area contributed by atoms with E-state index in [0.717, 1.165) is 12.8 Å². The standard InChI is InChI=1S/C12H16Si/c1-13(2)11-7-6-10-12-8-4-3-5-9-12/h3-5,8-9,13H,6,10H2,1-2H3. The second kappa shape index (κ2) is 5.61. The first-order valence-electron chi connectivity index (χ1n) is 4.81. The van der Waals surface area contributed by atoms with Gasteiger partial charge in [-0.3, -0.25) is 0 Å². The van der Waals surface area contributed by atoms with Crippen LogP contribution < -0.4 is 0 Å². The van der Waals surface area contributed by atoms with Gasteiger partial charge in [0.25, 0.3) is 0 Å². The molecule has 0 heterocycles. The predicted molar refractivity (Wildman–Crippen MR) is 61.4 cm³/mol. The highest BCUT2D eigenvalue weighted by molar-refractivity contribution is 6.64. The van der Waals surface area contributed by atoms with Crippen LogP contribution in [0, 0.1) is 11.5 Å². The average molecular weight is 188 g/mol. The van der Waals surface area contributed by atoms with Gasteiger partial charge in [-0.15, -0.1) is 11.5 Å². The second-order valence-electron chi connectivity index (χ2n) is 3.46. The first-order chi connectivity index (χ1) is 6.29. The zero-order valence-corrected chi connectivity index (χ0v) is 9.53. The third-order valence-electron chi connectivity index (χ3n) is 1.77. The van der Waals surface area contributed by atoms with Crippen LogP contribution in [0.5, 0.6) is 0 Å². The number of hydrogen-bond donors (Lipinski definition) is 0. The molecule has 13 heavy (non-hydrogen) atoms. The molecular weight excluding hydrogens is 172 g/mol. The Labute approximate surface area is 82.6 Å². The van der Waals surface area contributed by atoms with Crippen molar-refractivity contribution in [2.45, 2.75) is 25.9 Å². The topological polar surface area (TPSA) is 0 Å². The fourth-order valence-electron chi connectivity index (χ4n) is 1.13. The van der Waals surface area contributed by atoms with Crippen molar-refractivity contribution in [1.82, 2.24) is 0 Å². The van der Waals surface area contributed by atoms with E-state index in [1.807, 2.05) is 0 Å². The SMILES string of the molecule is C[SiH](C)C#CCCc1ccccc1. The van der Waals surface area contributed by atoms with Crippen molar-refractivity contribution in [1.29, 1.82) is 0 Å². The number of benzene rings is 1. The maximum Gasteiger partial charge on any atom is 0.116 e. The van der Waals surface area contributed by atoms with Crippen LogP contribution in [-0.4, -0.2) is 8.80 Å². The Bertz CT molecular complexity index is 290. The smallest absolute Gasteiger partial charge is 0.116 e. The van der Waals surface area contributed by atoms with E-state index >= 15 is 0 Å². The lowest BCUT2D eigenvalue weighted by atomic mass is 10.1. The number of rotatable bonds is 2. The third-order valence-corrected chi connectivity index (χ3v) is 2.55. The minimum atomic E-state index is -0.657. The monoisotopic (exact) mass is 188 g/mol. The molecule has 1 aromatic carbocycles. The first kappa shape index (κ1) is 10.1. The molecule has 0 saturated carbocycles. The molecule has 0 spiro atoms. The molecule has 0 aliphatic heterocycles. The summed E-state index contributed by atoms with van der Waals surface area (Å²) in [5.41, 5.74) is 4.70. The maximum absolute atomic E-state index is 3.30. The van der Waals surface area contributed by atoms with Crippen LogP contribution in [0.25, 0.3) is 0 Å². The van der Waals surface area contributed by atoms with Crippen molar-refractivity contribution in [3.63, 3.8) is 0 Å². The molecule has 68 valence electrons. The molecule has 0 saturated heterocycles. The Balaban J connectivity index is 2.33. The normalized spacial score (nSPS) is 9.46. The molecule has 0 atom stereocenters. The van der Waals surface area contributed by atoms with Crippen molar-refractivity contribution in [3.8, 4) is 11.5 Å². The van der Waals surface area contributed by atoms with Gasteiger partial charge in [0, 0.05) is 6.42 Å². The van der Waals surface area contributed by atoms with Gasteiger partial charge in [0.2, 0.25) is 0 Å². The summed E-state index contributed by atoms with van der Waals surface area (Å²) in [5, 5.41) is 0. The van der Waals surface area contributed by atoms with E-state index in [-0.39, 0.29) is 0 Å². The van der Waals surface area contributed by atoms with Gasteiger partial charge in [0.05, 0.1) is 0 Å². The van der Waals surface area contributed by atoms with E-state index in [2.05, 4.69) is 54.9 Å². The van der Waals surface area contributed by atoms with E-state index in [1.54, 1.807) is 0 Å². The molecule has 0 nitrogen and oxygen atoms in total. The molecule has 1 rings (SSSR count). The Kier molecular flexibility index (Phi) is 4.35. The van der Waals surface area contributed by atoms with Crippen molar-refractivity contribution in [2.75, 3.05) is 0 Å². The molecule has 1 heteroatoms. The summed E-state index contributed by atoms with van der Waals surface area (Å²) in [6.45, 7) is 4.52. The molecule has 0 aromatic heterocycles. The maximum atomic E-state index is 3.30. The Morgan fingerprint density at radius 1 is 1.15 bits per heavy atom. The van der Waals surface area contributed by atoms with E-state index in [4.69, 9.17) is 0 Å². The third kappa shape index (κ3) is 4.54. The highest BCUT2D eigenvalue weighted by Crippen LogP contribution is 2.01. The Morgan fingerprint density at radius 3 is 2.46 bits per heavy atom. The zero-order valence-electron chi connectivity index (χ0n) is 8.38. The van der Waals surface area contributed by atoms with E-state index < -0.39 is 8.80 Å². The molecule has 0 unspecified atom stereocenters. The van der Waals surface area contributed by atoms with Crippen LogP contribution in [0.4, 0.5) is 0 Å². The molecule has 0 aliphatic carbocycles. The molecule has 0 amide bonds. The lowest BCUT2D eigenvalue weighted by Crippen LogP contribution is -1.93. The van der Waals surface area contributed by atoms with Gasteiger partial charge in [0.15, 0.2) is 0 Å². The van der Waals surface area contributed by atoms with Gasteiger partial charge in [-0.05, 0) is 12.0 Å². The van der Waals surface area contributed by atoms with E-state index in [0.29, 0.717) is 0 Å². The van der Waals surface area contributed by atoms with Gasteiger partial charge in [-0.2, -0.15) is 0 Å². The van der Waals surface area contributed by atoms with Gasteiger partial charge < -0.3 is 0 Å². The highest BCUT2D eigenvalue weighted by Gasteiger charge is 1.88. The minimum absolute atomic E-state index is 0.657. The number of aryl methyl sites for hydroxylation is 1. The summed E-state index contributed by atoms with van der Waals surface area (Å²) in [6.07, 6.45) is 2.10. The quantitative estimate of drug-likeness (QED) is 0.494.